The molecule has 0 saturated carbocycles. The molecule has 0 N–H and O–H groups in total. The smallest absolute Gasteiger partial charge is 0.248 e. The average molecular weight is 317 g/mol. The minimum absolute atomic E-state index is 0.0420. The lowest BCUT2D eigenvalue weighted by atomic mass is 9.77. The summed E-state index contributed by atoms with van der Waals surface area (Å²) in [5, 5.41) is 0. The van der Waals surface area contributed by atoms with E-state index >= 15 is 0 Å². The lowest BCUT2D eigenvalue weighted by Gasteiger charge is -2.40. The van der Waals surface area contributed by atoms with Gasteiger partial charge in [0, 0.05) is 31.3 Å². The fourth-order valence-corrected chi connectivity index (χ4v) is 3.87. The summed E-state index contributed by atoms with van der Waals surface area (Å²) in [6.07, 6.45) is 8.37. The Labute approximate surface area is 138 Å². The molecule has 5 heteroatoms. The van der Waals surface area contributed by atoms with Gasteiger partial charge in [-0.25, -0.2) is 9.97 Å². The molecule has 0 bridgehead atoms. The van der Waals surface area contributed by atoms with Gasteiger partial charge in [-0.05, 0) is 44.6 Å². The average Bonchev–Trinajstić information content (AvgIpc) is 2.89. The molecule has 1 atom stereocenters. The number of rotatable bonds is 5. The van der Waals surface area contributed by atoms with Gasteiger partial charge in [0.25, 0.3) is 0 Å². The van der Waals surface area contributed by atoms with E-state index in [4.69, 9.17) is 9.72 Å². The number of hydrogen-bond donors (Lipinski definition) is 0. The van der Waals surface area contributed by atoms with Crippen LogP contribution in [-0.4, -0.2) is 47.1 Å². The number of carbonyl (C=O) groups excluding carboxylic acids is 1. The first-order chi connectivity index (χ1) is 11.1. The second-order valence-electron chi connectivity index (χ2n) is 6.90. The molecule has 1 aromatic rings. The van der Waals surface area contributed by atoms with Crippen molar-refractivity contribution in [2.24, 2.45) is 0 Å². The molecule has 2 aliphatic rings. The lowest BCUT2D eigenvalue weighted by molar-refractivity contribution is -0.138. The molecule has 1 aliphatic carbocycles. The summed E-state index contributed by atoms with van der Waals surface area (Å²) in [7, 11) is 0. The monoisotopic (exact) mass is 317 g/mol. The van der Waals surface area contributed by atoms with Gasteiger partial charge in [-0.1, -0.05) is 13.3 Å². The number of unbranched alkanes of at least 4 members (excludes halogenated alkanes) is 1. The first-order valence-corrected chi connectivity index (χ1v) is 8.83. The number of hydrogen-bond acceptors (Lipinski definition) is 4. The molecular formula is C18H27N3O2. The van der Waals surface area contributed by atoms with Gasteiger partial charge in [0.1, 0.15) is 12.4 Å². The first kappa shape index (κ1) is 16.4. The van der Waals surface area contributed by atoms with Gasteiger partial charge in [0.2, 0.25) is 5.91 Å². The molecule has 1 aromatic heterocycles. The number of nitrogens with zero attached hydrogens (tertiary/aromatic N) is 3. The Hall–Kier alpha value is -1.49. The first-order valence-electron chi connectivity index (χ1n) is 8.83. The second kappa shape index (κ2) is 6.95. The maximum atomic E-state index is 12.4. The summed E-state index contributed by atoms with van der Waals surface area (Å²) < 4.78 is 5.51. The summed E-state index contributed by atoms with van der Waals surface area (Å²) in [6.45, 7) is 6.59. The van der Waals surface area contributed by atoms with Crippen molar-refractivity contribution in [2.75, 3.05) is 26.3 Å². The molecule has 126 valence electrons. The molecule has 23 heavy (non-hydrogen) atoms. The van der Waals surface area contributed by atoms with E-state index < -0.39 is 0 Å². The molecule has 5 nitrogen and oxygen atoms in total. The summed E-state index contributed by atoms with van der Waals surface area (Å²) in [5.74, 6) is 0.954. The summed E-state index contributed by atoms with van der Waals surface area (Å²) in [5.41, 5.74) is 2.50. The van der Waals surface area contributed by atoms with Crippen LogP contribution in [-0.2, 0) is 21.4 Å². The quantitative estimate of drug-likeness (QED) is 0.783. The van der Waals surface area contributed by atoms with Crippen molar-refractivity contribution in [3.8, 4) is 0 Å². The van der Waals surface area contributed by atoms with Crippen LogP contribution in [0, 0.1) is 6.92 Å². The Morgan fingerprint density at radius 2 is 2.30 bits per heavy atom. The minimum atomic E-state index is 0.0420. The number of aromatic nitrogens is 2. The summed E-state index contributed by atoms with van der Waals surface area (Å²) >= 11 is 0. The van der Waals surface area contributed by atoms with Gasteiger partial charge in [-0.3, -0.25) is 4.79 Å². The zero-order valence-corrected chi connectivity index (χ0v) is 14.3. The fourth-order valence-electron chi connectivity index (χ4n) is 3.87. The van der Waals surface area contributed by atoms with E-state index in [9.17, 15) is 4.79 Å². The molecular weight excluding hydrogens is 290 g/mol. The van der Waals surface area contributed by atoms with Crippen LogP contribution in [0.4, 0.5) is 0 Å². The van der Waals surface area contributed by atoms with Gasteiger partial charge in [0.05, 0.1) is 5.69 Å². The highest BCUT2D eigenvalue weighted by molar-refractivity contribution is 5.77. The Kier molecular flexibility index (Phi) is 4.95. The number of amides is 1. The molecule has 1 aliphatic heterocycles. The zero-order valence-electron chi connectivity index (χ0n) is 14.3. The second-order valence-corrected chi connectivity index (χ2v) is 6.90. The minimum Gasteiger partial charge on any atom is -0.372 e. The number of fused-ring (bicyclic) bond motifs is 2. The Balaban J connectivity index is 1.67. The van der Waals surface area contributed by atoms with Crippen molar-refractivity contribution in [3.05, 3.63) is 23.3 Å². The maximum Gasteiger partial charge on any atom is 0.248 e. The zero-order chi connectivity index (χ0) is 16.3. The molecule has 1 saturated heterocycles. The van der Waals surface area contributed by atoms with Crippen LogP contribution in [0.15, 0.2) is 6.20 Å². The Bertz CT molecular complexity index is 571. The van der Waals surface area contributed by atoms with Gasteiger partial charge >= 0.3 is 0 Å². The van der Waals surface area contributed by atoms with Gasteiger partial charge < -0.3 is 9.64 Å². The molecule has 0 aromatic carbocycles. The van der Waals surface area contributed by atoms with Crippen molar-refractivity contribution in [3.63, 3.8) is 0 Å². The standard InChI is InChI=1S/C18H27N3O2/c1-3-4-10-23-12-16(22)21-9-5-7-18(13-21)8-6-15-11-19-14(2)20-17(15)18/h11H,3-10,12-13H2,1-2H3. The molecule has 0 radical (unpaired) electrons. The number of ether oxygens (including phenoxy) is 1. The van der Waals surface area contributed by atoms with Crippen LogP contribution in [0.3, 0.4) is 0 Å². The Morgan fingerprint density at radius 3 is 3.13 bits per heavy atom. The molecule has 3 rings (SSSR count). The highest BCUT2D eigenvalue weighted by Gasteiger charge is 2.44. The van der Waals surface area contributed by atoms with E-state index in [1.165, 1.54) is 11.3 Å². The largest absolute Gasteiger partial charge is 0.372 e. The fraction of sp³-hybridized carbons (Fsp3) is 0.722. The van der Waals surface area contributed by atoms with E-state index in [1.807, 2.05) is 18.0 Å². The van der Waals surface area contributed by atoms with E-state index in [2.05, 4.69) is 11.9 Å². The normalized spacial score (nSPS) is 23.3. The van der Waals surface area contributed by atoms with E-state index in [-0.39, 0.29) is 17.9 Å². The number of aryl methyl sites for hydroxylation is 2. The highest BCUT2D eigenvalue weighted by Crippen LogP contribution is 2.43. The molecule has 1 fully saturated rings. The van der Waals surface area contributed by atoms with E-state index in [0.29, 0.717) is 6.61 Å². The molecule has 1 unspecified atom stereocenters. The van der Waals surface area contributed by atoms with Gasteiger partial charge in [0.15, 0.2) is 0 Å². The van der Waals surface area contributed by atoms with E-state index in [1.54, 1.807) is 0 Å². The van der Waals surface area contributed by atoms with Crippen molar-refractivity contribution < 1.29 is 9.53 Å². The van der Waals surface area contributed by atoms with Crippen molar-refractivity contribution in [1.29, 1.82) is 0 Å². The van der Waals surface area contributed by atoms with Crippen LogP contribution >= 0.6 is 0 Å². The third-order valence-corrected chi connectivity index (χ3v) is 5.16. The lowest BCUT2D eigenvalue weighted by Crippen LogP contribution is -2.49. The number of carbonyl (C=O) groups is 1. The molecule has 2 heterocycles. The Morgan fingerprint density at radius 1 is 1.43 bits per heavy atom. The molecule has 1 amide bonds. The van der Waals surface area contributed by atoms with Crippen molar-refractivity contribution in [2.45, 2.75) is 57.8 Å². The van der Waals surface area contributed by atoms with Crippen LogP contribution < -0.4 is 0 Å². The predicted octanol–water partition coefficient (Wildman–Crippen LogP) is 2.41. The number of likely N-dealkylation sites (tertiary alicyclic amines) is 1. The van der Waals surface area contributed by atoms with Crippen LogP contribution in [0.2, 0.25) is 0 Å². The van der Waals surface area contributed by atoms with Crippen LogP contribution in [0.5, 0.6) is 0 Å². The SMILES string of the molecule is CCCCOCC(=O)N1CCCC2(CCc3cnc(C)nc32)C1. The van der Waals surface area contributed by atoms with Gasteiger partial charge in [-0.15, -0.1) is 0 Å². The third-order valence-electron chi connectivity index (χ3n) is 5.16. The maximum absolute atomic E-state index is 12.4. The molecule has 1 spiro atoms. The highest BCUT2D eigenvalue weighted by atomic mass is 16.5. The van der Waals surface area contributed by atoms with Crippen molar-refractivity contribution >= 4 is 5.91 Å². The summed E-state index contributed by atoms with van der Waals surface area (Å²) in [4.78, 5) is 23.5. The predicted molar refractivity (Wildman–Crippen MR) is 88.3 cm³/mol. The van der Waals surface area contributed by atoms with Gasteiger partial charge in [-0.2, -0.15) is 0 Å². The van der Waals surface area contributed by atoms with Crippen LogP contribution in [0.25, 0.3) is 0 Å². The van der Waals surface area contributed by atoms with Crippen molar-refractivity contribution in [1.82, 2.24) is 14.9 Å². The topological polar surface area (TPSA) is 55.3 Å². The number of piperidine rings is 1. The van der Waals surface area contributed by atoms with Crippen LogP contribution in [0.1, 0.15) is 56.1 Å². The third kappa shape index (κ3) is 3.39. The summed E-state index contributed by atoms with van der Waals surface area (Å²) in [6, 6.07) is 0. The van der Waals surface area contributed by atoms with E-state index in [0.717, 1.165) is 57.4 Å².